The second kappa shape index (κ2) is 7.90. The van der Waals surface area contributed by atoms with Gasteiger partial charge in [-0.15, -0.1) is 0 Å². The predicted octanol–water partition coefficient (Wildman–Crippen LogP) is 4.18. The Labute approximate surface area is 122 Å². The zero-order valence-electron chi connectivity index (χ0n) is 12.7. The summed E-state index contributed by atoms with van der Waals surface area (Å²) in [7, 11) is -1.75. The van der Waals surface area contributed by atoms with Crippen molar-refractivity contribution in [3.05, 3.63) is 11.6 Å². The average Bonchev–Trinajstić information content (AvgIpc) is 2.38. The number of hydrogen-bond donors (Lipinski definition) is 1. The molecule has 0 aromatic heterocycles. The maximum atomic E-state index is 12.3. The van der Waals surface area contributed by atoms with Crippen LogP contribution in [0.5, 0.6) is 0 Å². The van der Waals surface area contributed by atoms with Crippen LogP contribution in [0.1, 0.15) is 52.9 Å². The lowest BCUT2D eigenvalue weighted by Crippen LogP contribution is -2.22. The van der Waals surface area contributed by atoms with Crippen LogP contribution in [0.2, 0.25) is 0 Å². The summed E-state index contributed by atoms with van der Waals surface area (Å²) >= 11 is 0. The Morgan fingerprint density at radius 3 is 2.45 bits per heavy atom. The van der Waals surface area contributed by atoms with E-state index in [2.05, 4.69) is 0 Å². The van der Waals surface area contributed by atoms with Crippen molar-refractivity contribution < 1.29 is 19.2 Å². The molecule has 0 aliphatic heterocycles. The Morgan fingerprint density at radius 1 is 1.35 bits per heavy atom. The Morgan fingerprint density at radius 2 is 1.95 bits per heavy atom. The van der Waals surface area contributed by atoms with Gasteiger partial charge in [-0.2, -0.15) is 0 Å². The Hall–Kier alpha value is -0.730. The molecule has 4 nitrogen and oxygen atoms in total. The molecule has 1 unspecified atom stereocenters. The predicted molar refractivity (Wildman–Crippen MR) is 80.5 cm³/mol. The van der Waals surface area contributed by atoms with Gasteiger partial charge in [0.05, 0.1) is 5.57 Å². The van der Waals surface area contributed by atoms with Crippen molar-refractivity contribution in [1.29, 1.82) is 0 Å². The third-order valence-corrected chi connectivity index (χ3v) is 5.73. The molecule has 114 valence electrons. The molecule has 0 aromatic rings. The van der Waals surface area contributed by atoms with Crippen LogP contribution in [0, 0.1) is 5.92 Å². The van der Waals surface area contributed by atoms with Crippen molar-refractivity contribution in [2.24, 2.45) is 5.92 Å². The van der Waals surface area contributed by atoms with E-state index in [1.54, 1.807) is 13.8 Å². The number of ether oxygens (including phenoxy) is 1. The quantitative estimate of drug-likeness (QED) is 0.566. The van der Waals surface area contributed by atoms with Crippen molar-refractivity contribution in [1.82, 2.24) is 0 Å². The number of carboxylic acid groups (broad SMARTS) is 1. The van der Waals surface area contributed by atoms with E-state index in [1.807, 2.05) is 13.0 Å². The number of hydrogen-bond acceptors (Lipinski definition) is 3. The van der Waals surface area contributed by atoms with Crippen LogP contribution in [-0.4, -0.2) is 29.2 Å². The molecule has 1 saturated carbocycles. The maximum Gasteiger partial charge on any atom is 0.377 e. The molecule has 0 heterocycles. The summed E-state index contributed by atoms with van der Waals surface area (Å²) in [6, 6.07) is 0. The number of carboxylic acids is 1. The molecule has 1 N–H and O–H groups in total. The van der Waals surface area contributed by atoms with Crippen molar-refractivity contribution in [2.75, 3.05) is 12.8 Å². The molecule has 1 rings (SSSR count). The van der Waals surface area contributed by atoms with E-state index in [-0.39, 0.29) is 11.7 Å². The van der Waals surface area contributed by atoms with Crippen molar-refractivity contribution >= 4 is 13.8 Å². The standard InChI is InChI=1S/C15H25O4P/c1-4-19-15(2,3)20(18)11-13(14(16)17)10-12-8-6-5-7-9-12/h10,12H,4-9,11H2,1-3H3/p+1/b13-10+. The minimum absolute atomic E-state index is 0.0914. The summed E-state index contributed by atoms with van der Waals surface area (Å²) in [6.07, 6.45) is 7.56. The van der Waals surface area contributed by atoms with E-state index in [1.165, 1.54) is 6.42 Å². The fourth-order valence-corrected chi connectivity index (χ4v) is 3.75. The normalized spacial score (nSPS) is 18.9. The molecule has 1 aliphatic rings. The third-order valence-electron chi connectivity index (χ3n) is 3.77. The zero-order chi connectivity index (χ0) is 15.2. The van der Waals surface area contributed by atoms with E-state index in [9.17, 15) is 14.5 Å². The highest BCUT2D eigenvalue weighted by atomic mass is 31.1. The van der Waals surface area contributed by atoms with Crippen molar-refractivity contribution in [3.63, 3.8) is 0 Å². The number of carbonyl (C=O) groups is 1. The Kier molecular flexibility index (Phi) is 6.84. The monoisotopic (exact) mass is 301 g/mol. The first-order valence-electron chi connectivity index (χ1n) is 7.39. The molecule has 0 aromatic carbocycles. The van der Waals surface area contributed by atoms with Gasteiger partial charge in [-0.1, -0.05) is 29.9 Å². The smallest absolute Gasteiger partial charge is 0.377 e. The minimum atomic E-state index is -1.75. The molecule has 0 saturated heterocycles. The summed E-state index contributed by atoms with van der Waals surface area (Å²) < 4.78 is 17.8. The number of rotatable bonds is 7. The van der Waals surface area contributed by atoms with Gasteiger partial charge in [0.2, 0.25) is 0 Å². The van der Waals surface area contributed by atoms with Crippen LogP contribution in [0.15, 0.2) is 11.6 Å². The molecule has 0 radical (unpaired) electrons. The molecule has 0 bridgehead atoms. The lowest BCUT2D eigenvalue weighted by Gasteiger charge is -2.19. The highest BCUT2D eigenvalue weighted by Gasteiger charge is 2.41. The topological polar surface area (TPSA) is 63.6 Å². The van der Waals surface area contributed by atoms with Crippen LogP contribution in [0.3, 0.4) is 0 Å². The zero-order valence-corrected chi connectivity index (χ0v) is 13.6. The largest absolute Gasteiger partial charge is 0.478 e. The molecule has 5 heteroatoms. The number of allylic oxidation sites excluding steroid dienone is 1. The summed E-state index contributed by atoms with van der Waals surface area (Å²) in [4.78, 5) is 11.4. The van der Waals surface area contributed by atoms with Crippen LogP contribution in [-0.2, 0) is 14.1 Å². The Balaban J connectivity index is 2.74. The summed E-state index contributed by atoms with van der Waals surface area (Å²) in [5.74, 6) is -0.625. The second-order valence-corrected chi connectivity index (χ2v) is 7.96. The van der Waals surface area contributed by atoms with E-state index in [0.717, 1.165) is 25.7 Å². The molecule has 0 amide bonds. The van der Waals surface area contributed by atoms with Crippen LogP contribution >= 0.6 is 7.80 Å². The van der Waals surface area contributed by atoms with Gasteiger partial charge in [0.15, 0.2) is 6.16 Å². The van der Waals surface area contributed by atoms with Gasteiger partial charge in [-0.05, 0) is 25.7 Å². The van der Waals surface area contributed by atoms with E-state index in [4.69, 9.17) is 4.74 Å². The molecular formula is C15H26O4P+. The van der Waals surface area contributed by atoms with E-state index in [0.29, 0.717) is 12.5 Å². The molecule has 1 aliphatic carbocycles. The summed E-state index contributed by atoms with van der Waals surface area (Å²) in [5.41, 5.74) is 0.283. The van der Waals surface area contributed by atoms with Gasteiger partial charge in [-0.25, -0.2) is 4.79 Å². The third kappa shape index (κ3) is 5.34. The first-order valence-corrected chi connectivity index (χ1v) is 8.84. The van der Waals surface area contributed by atoms with Crippen LogP contribution in [0.4, 0.5) is 0 Å². The first kappa shape index (κ1) is 17.3. The molecule has 20 heavy (non-hydrogen) atoms. The first-order chi connectivity index (χ1) is 9.36. The van der Waals surface area contributed by atoms with Gasteiger partial charge in [0, 0.05) is 20.5 Å². The summed E-state index contributed by atoms with van der Waals surface area (Å²) in [5, 5.41) is 8.54. The molecule has 1 atom stereocenters. The fourth-order valence-electron chi connectivity index (χ4n) is 2.55. The van der Waals surface area contributed by atoms with Gasteiger partial charge in [0.25, 0.3) is 5.34 Å². The fraction of sp³-hybridized carbons (Fsp3) is 0.800. The van der Waals surface area contributed by atoms with Crippen molar-refractivity contribution in [3.8, 4) is 0 Å². The van der Waals surface area contributed by atoms with Gasteiger partial charge in [-0.3, -0.25) is 0 Å². The SMILES string of the molecule is CCOC(C)(C)[P+](=O)C/C(=C\C1CCCCC1)C(=O)O. The lowest BCUT2D eigenvalue weighted by atomic mass is 9.88. The van der Waals surface area contributed by atoms with E-state index < -0.39 is 19.1 Å². The lowest BCUT2D eigenvalue weighted by molar-refractivity contribution is -0.132. The van der Waals surface area contributed by atoms with Crippen LogP contribution in [0.25, 0.3) is 0 Å². The second-order valence-electron chi connectivity index (χ2n) is 5.81. The minimum Gasteiger partial charge on any atom is -0.478 e. The van der Waals surface area contributed by atoms with Crippen molar-refractivity contribution in [2.45, 2.75) is 58.2 Å². The molecule has 1 fully saturated rings. The van der Waals surface area contributed by atoms with Gasteiger partial charge >= 0.3 is 13.8 Å². The van der Waals surface area contributed by atoms with Crippen LogP contribution < -0.4 is 0 Å². The molecule has 0 spiro atoms. The van der Waals surface area contributed by atoms with E-state index >= 15 is 0 Å². The molecular weight excluding hydrogens is 275 g/mol. The number of aliphatic carboxylic acids is 1. The highest BCUT2D eigenvalue weighted by Crippen LogP contribution is 2.41. The van der Waals surface area contributed by atoms with Gasteiger partial charge in [0.1, 0.15) is 0 Å². The maximum absolute atomic E-state index is 12.3. The Bertz CT molecular complexity index is 381. The highest BCUT2D eigenvalue weighted by molar-refractivity contribution is 7.46. The summed E-state index contributed by atoms with van der Waals surface area (Å²) in [6.45, 7) is 5.84. The van der Waals surface area contributed by atoms with Gasteiger partial charge < -0.3 is 9.84 Å². The average molecular weight is 301 g/mol.